The number of hydrogen-bond acceptors (Lipinski definition) is 4. The second-order valence-electron chi connectivity index (χ2n) is 15.3. The van der Waals surface area contributed by atoms with Gasteiger partial charge in [-0.3, -0.25) is 4.79 Å². The molecule has 0 aromatic rings. The predicted octanol–water partition coefficient (Wildman–Crippen LogP) is 6.29. The normalized spacial score (nSPS) is 54.9. The lowest BCUT2D eigenvalue weighted by Gasteiger charge is -2.72. The van der Waals surface area contributed by atoms with Crippen molar-refractivity contribution in [1.82, 2.24) is 0 Å². The minimum Gasteiger partial charge on any atom is -0.469 e. The highest BCUT2D eigenvalue weighted by atomic mass is 16.5. The smallest absolute Gasteiger partial charge is 0.311 e. The zero-order chi connectivity index (χ0) is 25.8. The summed E-state index contributed by atoms with van der Waals surface area (Å²) in [6.07, 6.45) is 10.6. The van der Waals surface area contributed by atoms with Crippen molar-refractivity contribution in [3.05, 3.63) is 11.6 Å². The van der Waals surface area contributed by atoms with E-state index in [2.05, 4.69) is 54.5 Å². The Kier molecular flexibility index (Phi) is 5.59. The molecule has 0 spiro atoms. The summed E-state index contributed by atoms with van der Waals surface area (Å²) in [5, 5.41) is 22.9. The van der Waals surface area contributed by atoms with Gasteiger partial charge >= 0.3 is 5.97 Å². The summed E-state index contributed by atoms with van der Waals surface area (Å²) in [5.74, 6) is 0.830. The summed E-state index contributed by atoms with van der Waals surface area (Å²) in [5.41, 5.74) is 1.06. The van der Waals surface area contributed by atoms with E-state index in [4.69, 9.17) is 4.74 Å². The molecule has 0 amide bonds. The number of aliphatic hydroxyl groups excluding tert-OH is 2. The molecule has 0 aromatic heterocycles. The Morgan fingerprint density at radius 2 is 1.57 bits per heavy atom. The second kappa shape index (κ2) is 7.59. The standard InChI is InChI=1S/C31H50O4/c1-26(2)22-9-12-31(7)24(29(22,5)11-10-23(26)33)21(32)17-19-20-18-28(4,25(34)35-8)14-13-27(20,3)15-16-30(19,31)6/h17,20-24,32-33H,9-16,18H2,1-8H3/t20-,21-,22-,23-,24+,27+,28-,29-,30+,31+/m0/s1. The summed E-state index contributed by atoms with van der Waals surface area (Å²) in [6, 6.07) is 0. The maximum atomic E-state index is 12.8. The first-order valence-corrected chi connectivity index (χ1v) is 14.3. The van der Waals surface area contributed by atoms with Crippen LogP contribution in [0.2, 0.25) is 0 Å². The van der Waals surface area contributed by atoms with Crippen LogP contribution in [0.5, 0.6) is 0 Å². The molecule has 0 unspecified atom stereocenters. The molecule has 0 bridgehead atoms. The maximum absolute atomic E-state index is 12.8. The molecule has 5 rings (SSSR count). The average Bonchev–Trinajstić information content (AvgIpc) is 2.78. The molecule has 5 aliphatic rings. The Morgan fingerprint density at radius 1 is 0.914 bits per heavy atom. The van der Waals surface area contributed by atoms with E-state index in [1.807, 2.05) is 0 Å². The van der Waals surface area contributed by atoms with Gasteiger partial charge in [0.15, 0.2) is 0 Å². The largest absolute Gasteiger partial charge is 0.469 e. The fraction of sp³-hybridized carbons (Fsp3) is 0.903. The number of allylic oxidation sites excluding steroid dienone is 1. The molecule has 0 aromatic carbocycles. The van der Waals surface area contributed by atoms with E-state index in [0.717, 1.165) is 51.4 Å². The van der Waals surface area contributed by atoms with Crippen LogP contribution in [0.25, 0.3) is 0 Å². The van der Waals surface area contributed by atoms with Crippen LogP contribution in [0.1, 0.15) is 106 Å². The van der Waals surface area contributed by atoms with Crippen LogP contribution in [0.4, 0.5) is 0 Å². The first-order valence-electron chi connectivity index (χ1n) is 14.3. The molecular weight excluding hydrogens is 436 g/mol. The monoisotopic (exact) mass is 486 g/mol. The quantitative estimate of drug-likeness (QED) is 0.337. The third-order valence-electron chi connectivity index (χ3n) is 13.4. The lowest BCUT2D eigenvalue weighted by atomic mass is 9.33. The average molecular weight is 487 g/mol. The number of fused-ring (bicyclic) bond motifs is 7. The molecule has 35 heavy (non-hydrogen) atoms. The van der Waals surface area contributed by atoms with E-state index >= 15 is 0 Å². The predicted molar refractivity (Wildman–Crippen MR) is 138 cm³/mol. The van der Waals surface area contributed by atoms with E-state index in [1.165, 1.54) is 19.1 Å². The Balaban J connectivity index is 1.60. The molecule has 10 atom stereocenters. The highest BCUT2D eigenvalue weighted by Gasteiger charge is 2.70. The van der Waals surface area contributed by atoms with E-state index in [1.54, 1.807) is 0 Å². The molecule has 198 valence electrons. The van der Waals surface area contributed by atoms with Crippen LogP contribution in [-0.4, -0.2) is 35.5 Å². The van der Waals surface area contributed by atoms with Crippen molar-refractivity contribution in [2.24, 2.45) is 50.2 Å². The number of methoxy groups -OCH3 is 1. The van der Waals surface area contributed by atoms with Gasteiger partial charge in [-0.25, -0.2) is 0 Å². The minimum atomic E-state index is -0.476. The van der Waals surface area contributed by atoms with Crippen molar-refractivity contribution < 1.29 is 19.7 Å². The molecule has 0 saturated heterocycles. The van der Waals surface area contributed by atoms with Gasteiger partial charge in [-0.15, -0.1) is 0 Å². The van der Waals surface area contributed by atoms with Gasteiger partial charge in [0, 0.05) is 5.92 Å². The van der Waals surface area contributed by atoms with Crippen LogP contribution in [0.3, 0.4) is 0 Å². The summed E-state index contributed by atoms with van der Waals surface area (Å²) >= 11 is 0. The molecule has 5 aliphatic carbocycles. The Hall–Kier alpha value is -0.870. The van der Waals surface area contributed by atoms with Gasteiger partial charge in [-0.05, 0) is 104 Å². The molecule has 4 saturated carbocycles. The zero-order valence-corrected chi connectivity index (χ0v) is 23.5. The Labute approximate surface area is 213 Å². The third kappa shape index (κ3) is 3.14. The molecule has 0 aliphatic heterocycles. The number of esters is 1. The fourth-order valence-corrected chi connectivity index (χ4v) is 10.9. The van der Waals surface area contributed by atoms with Gasteiger partial charge in [-0.2, -0.15) is 0 Å². The van der Waals surface area contributed by atoms with E-state index in [-0.39, 0.29) is 45.1 Å². The van der Waals surface area contributed by atoms with Gasteiger partial charge in [0.2, 0.25) is 0 Å². The van der Waals surface area contributed by atoms with Crippen LogP contribution in [-0.2, 0) is 9.53 Å². The van der Waals surface area contributed by atoms with Crippen molar-refractivity contribution in [3.8, 4) is 0 Å². The molecular formula is C31H50O4. The number of carbonyl (C=O) groups excluding carboxylic acids is 1. The lowest BCUT2D eigenvalue weighted by molar-refractivity contribution is -0.224. The molecule has 4 fully saturated rings. The summed E-state index contributed by atoms with van der Waals surface area (Å²) in [6.45, 7) is 16.4. The number of carbonyl (C=O) groups is 1. The SMILES string of the molecule is COC(=O)[C@@]1(C)CC[C@]2(C)CC[C@]3(C)C(=C[C@H](O)[C@@H]4[C@@]5(C)CC[C@H](O)C(C)(C)[C@@H]5CC[C@]43C)[C@@H]2C1. The number of hydrogen-bond donors (Lipinski definition) is 2. The van der Waals surface area contributed by atoms with Crippen molar-refractivity contribution in [3.63, 3.8) is 0 Å². The number of aliphatic hydroxyl groups is 2. The Morgan fingerprint density at radius 3 is 2.23 bits per heavy atom. The highest BCUT2D eigenvalue weighted by Crippen LogP contribution is 2.75. The highest BCUT2D eigenvalue weighted by molar-refractivity contribution is 5.76. The van der Waals surface area contributed by atoms with Crippen molar-refractivity contribution in [1.29, 1.82) is 0 Å². The fourth-order valence-electron chi connectivity index (χ4n) is 10.9. The van der Waals surface area contributed by atoms with Gasteiger partial charge in [0.1, 0.15) is 0 Å². The minimum absolute atomic E-state index is 0.000562. The second-order valence-corrected chi connectivity index (χ2v) is 15.3. The molecule has 4 nitrogen and oxygen atoms in total. The topological polar surface area (TPSA) is 66.8 Å². The number of ether oxygens (including phenoxy) is 1. The van der Waals surface area contributed by atoms with E-state index in [9.17, 15) is 15.0 Å². The van der Waals surface area contributed by atoms with E-state index in [0.29, 0.717) is 11.8 Å². The van der Waals surface area contributed by atoms with Crippen molar-refractivity contribution in [2.75, 3.05) is 7.11 Å². The van der Waals surface area contributed by atoms with Crippen LogP contribution in [0, 0.1) is 50.2 Å². The molecule has 4 heteroatoms. The van der Waals surface area contributed by atoms with Crippen molar-refractivity contribution in [2.45, 2.75) is 118 Å². The van der Waals surface area contributed by atoms with E-state index < -0.39 is 11.5 Å². The first kappa shape index (κ1) is 25.8. The first-order chi connectivity index (χ1) is 16.1. The number of rotatable bonds is 1. The maximum Gasteiger partial charge on any atom is 0.311 e. The van der Waals surface area contributed by atoms with Crippen LogP contribution < -0.4 is 0 Å². The van der Waals surface area contributed by atoms with Gasteiger partial charge in [0.05, 0.1) is 24.7 Å². The van der Waals surface area contributed by atoms with Crippen LogP contribution >= 0.6 is 0 Å². The summed E-state index contributed by atoms with van der Waals surface area (Å²) in [7, 11) is 1.52. The molecule has 2 N–H and O–H groups in total. The van der Waals surface area contributed by atoms with Gasteiger partial charge < -0.3 is 14.9 Å². The molecule has 0 heterocycles. The Bertz CT molecular complexity index is 938. The van der Waals surface area contributed by atoms with Gasteiger partial charge in [-0.1, -0.05) is 53.2 Å². The van der Waals surface area contributed by atoms with Crippen molar-refractivity contribution >= 4 is 5.97 Å². The third-order valence-corrected chi connectivity index (χ3v) is 13.4. The van der Waals surface area contributed by atoms with Gasteiger partial charge in [0.25, 0.3) is 0 Å². The zero-order valence-electron chi connectivity index (χ0n) is 23.5. The summed E-state index contributed by atoms with van der Waals surface area (Å²) in [4.78, 5) is 12.8. The summed E-state index contributed by atoms with van der Waals surface area (Å²) < 4.78 is 5.27. The molecule has 0 radical (unpaired) electrons. The lowest BCUT2D eigenvalue weighted by Crippen LogP contribution is -2.67. The van der Waals surface area contributed by atoms with Crippen LogP contribution in [0.15, 0.2) is 11.6 Å².